The van der Waals surface area contributed by atoms with Gasteiger partial charge in [-0.2, -0.15) is 13.2 Å². The molecule has 84 valence electrons. The third-order valence-electron chi connectivity index (χ3n) is 3.18. The minimum Gasteiger partial charge on any atom is -0.358 e. The summed E-state index contributed by atoms with van der Waals surface area (Å²) in [5.41, 5.74) is 2.43. The van der Waals surface area contributed by atoms with Gasteiger partial charge >= 0.3 is 6.18 Å². The van der Waals surface area contributed by atoms with Crippen LogP contribution in [0.25, 0.3) is 10.9 Å². The predicted molar refractivity (Wildman–Crippen MR) is 55.3 cm³/mol. The minimum absolute atomic E-state index is 0.561. The van der Waals surface area contributed by atoms with Gasteiger partial charge in [-0.25, -0.2) is 0 Å². The van der Waals surface area contributed by atoms with Gasteiger partial charge in [0, 0.05) is 16.6 Å². The largest absolute Gasteiger partial charge is 0.416 e. The second-order valence-electron chi connectivity index (χ2n) is 4.19. The molecule has 4 heteroatoms. The molecule has 1 aliphatic rings. The highest BCUT2D eigenvalue weighted by Crippen LogP contribution is 2.35. The SMILES string of the molecule is FC(F)(F)c1ccc2[nH]c3c(c2c1)CCC3. The van der Waals surface area contributed by atoms with Crippen molar-refractivity contribution in [2.45, 2.75) is 25.4 Å². The first-order valence-corrected chi connectivity index (χ1v) is 5.26. The lowest BCUT2D eigenvalue weighted by atomic mass is 10.1. The van der Waals surface area contributed by atoms with E-state index in [1.807, 2.05) is 0 Å². The van der Waals surface area contributed by atoms with E-state index in [0.29, 0.717) is 0 Å². The van der Waals surface area contributed by atoms with Gasteiger partial charge < -0.3 is 4.98 Å². The molecule has 0 bridgehead atoms. The Labute approximate surface area is 90.3 Å². The number of H-pyrrole nitrogens is 1. The Morgan fingerprint density at radius 3 is 2.69 bits per heavy atom. The van der Waals surface area contributed by atoms with Crippen molar-refractivity contribution in [3.8, 4) is 0 Å². The van der Waals surface area contributed by atoms with E-state index in [1.165, 1.54) is 12.1 Å². The molecule has 0 unspecified atom stereocenters. The van der Waals surface area contributed by atoms with Crippen LogP contribution in [0.1, 0.15) is 23.2 Å². The molecular formula is C12H10F3N. The van der Waals surface area contributed by atoms with Gasteiger partial charge in [-0.05, 0) is 43.0 Å². The Morgan fingerprint density at radius 2 is 1.94 bits per heavy atom. The third kappa shape index (κ3) is 1.32. The number of aromatic amines is 1. The van der Waals surface area contributed by atoms with Crippen molar-refractivity contribution in [3.05, 3.63) is 35.0 Å². The molecule has 0 atom stereocenters. The zero-order valence-electron chi connectivity index (χ0n) is 8.49. The first-order valence-electron chi connectivity index (χ1n) is 5.26. The average Bonchev–Trinajstić information content (AvgIpc) is 2.74. The maximum Gasteiger partial charge on any atom is 0.416 e. The number of alkyl halides is 3. The summed E-state index contributed by atoms with van der Waals surface area (Å²) in [6, 6.07) is 3.92. The van der Waals surface area contributed by atoms with Crippen molar-refractivity contribution in [3.63, 3.8) is 0 Å². The molecule has 16 heavy (non-hydrogen) atoms. The molecule has 0 radical (unpaired) electrons. The van der Waals surface area contributed by atoms with E-state index >= 15 is 0 Å². The van der Waals surface area contributed by atoms with Crippen LogP contribution in [-0.2, 0) is 19.0 Å². The van der Waals surface area contributed by atoms with Crippen LogP contribution in [-0.4, -0.2) is 4.98 Å². The summed E-state index contributed by atoms with van der Waals surface area (Å²) >= 11 is 0. The summed E-state index contributed by atoms with van der Waals surface area (Å²) in [7, 11) is 0. The fourth-order valence-corrected chi connectivity index (χ4v) is 2.42. The Hall–Kier alpha value is -1.45. The molecule has 0 amide bonds. The van der Waals surface area contributed by atoms with Crippen LogP contribution in [0.5, 0.6) is 0 Å². The van der Waals surface area contributed by atoms with Crippen LogP contribution in [0, 0.1) is 0 Å². The third-order valence-corrected chi connectivity index (χ3v) is 3.18. The zero-order valence-corrected chi connectivity index (χ0v) is 8.49. The van der Waals surface area contributed by atoms with Crippen molar-refractivity contribution in [1.29, 1.82) is 0 Å². The van der Waals surface area contributed by atoms with Crippen molar-refractivity contribution >= 4 is 10.9 Å². The lowest BCUT2D eigenvalue weighted by molar-refractivity contribution is -0.137. The second-order valence-corrected chi connectivity index (χ2v) is 4.19. The molecule has 1 aromatic heterocycles. The van der Waals surface area contributed by atoms with Gasteiger partial charge in [0.15, 0.2) is 0 Å². The van der Waals surface area contributed by atoms with E-state index in [-0.39, 0.29) is 0 Å². The summed E-state index contributed by atoms with van der Waals surface area (Å²) < 4.78 is 37.7. The highest BCUT2D eigenvalue weighted by Gasteiger charge is 2.31. The Kier molecular flexibility index (Phi) is 1.85. The van der Waals surface area contributed by atoms with Gasteiger partial charge in [-0.3, -0.25) is 0 Å². The number of benzene rings is 1. The number of aromatic nitrogens is 1. The molecule has 1 aromatic carbocycles. The molecule has 1 heterocycles. The van der Waals surface area contributed by atoms with Gasteiger partial charge in [-0.1, -0.05) is 0 Å². The second kappa shape index (κ2) is 3.03. The zero-order chi connectivity index (χ0) is 11.3. The summed E-state index contributed by atoms with van der Waals surface area (Å²) in [6.45, 7) is 0. The van der Waals surface area contributed by atoms with Crippen molar-refractivity contribution in [2.24, 2.45) is 0 Å². The highest BCUT2D eigenvalue weighted by atomic mass is 19.4. The van der Waals surface area contributed by atoms with Crippen LogP contribution < -0.4 is 0 Å². The molecular weight excluding hydrogens is 215 g/mol. The molecule has 0 fully saturated rings. The molecule has 0 spiro atoms. The van der Waals surface area contributed by atoms with E-state index in [1.54, 1.807) is 0 Å². The number of hydrogen-bond donors (Lipinski definition) is 1. The van der Waals surface area contributed by atoms with E-state index < -0.39 is 11.7 Å². The fraction of sp³-hybridized carbons (Fsp3) is 0.333. The molecule has 1 nitrogen and oxygen atoms in total. The minimum atomic E-state index is -4.25. The van der Waals surface area contributed by atoms with Crippen molar-refractivity contribution < 1.29 is 13.2 Å². The number of hydrogen-bond acceptors (Lipinski definition) is 0. The van der Waals surface area contributed by atoms with E-state index in [2.05, 4.69) is 4.98 Å². The normalized spacial score (nSPS) is 15.7. The van der Waals surface area contributed by atoms with Crippen molar-refractivity contribution in [1.82, 2.24) is 4.98 Å². The van der Waals surface area contributed by atoms with E-state index in [0.717, 1.165) is 47.5 Å². The van der Waals surface area contributed by atoms with Gasteiger partial charge in [0.25, 0.3) is 0 Å². The Morgan fingerprint density at radius 1 is 1.12 bits per heavy atom. The Balaban J connectivity index is 2.24. The lowest BCUT2D eigenvalue weighted by Crippen LogP contribution is -2.04. The molecule has 0 aliphatic heterocycles. The summed E-state index contributed by atoms with van der Waals surface area (Å²) in [6.07, 6.45) is -1.38. The van der Waals surface area contributed by atoms with Crippen LogP contribution in [0.4, 0.5) is 13.2 Å². The van der Waals surface area contributed by atoms with Crippen LogP contribution in [0.3, 0.4) is 0 Å². The Bertz CT molecular complexity index is 551. The maximum atomic E-state index is 12.6. The fourth-order valence-electron chi connectivity index (χ4n) is 2.42. The monoisotopic (exact) mass is 225 g/mol. The molecule has 2 aromatic rings. The smallest absolute Gasteiger partial charge is 0.358 e. The van der Waals surface area contributed by atoms with Gasteiger partial charge in [0.2, 0.25) is 0 Å². The number of fused-ring (bicyclic) bond motifs is 3. The van der Waals surface area contributed by atoms with Gasteiger partial charge in [0.05, 0.1) is 5.56 Å². The summed E-state index contributed by atoms with van der Waals surface area (Å²) in [5.74, 6) is 0. The molecule has 1 aliphatic carbocycles. The maximum absolute atomic E-state index is 12.6. The van der Waals surface area contributed by atoms with Crippen LogP contribution >= 0.6 is 0 Å². The quantitative estimate of drug-likeness (QED) is 0.704. The molecule has 1 N–H and O–H groups in total. The van der Waals surface area contributed by atoms with Gasteiger partial charge in [0.1, 0.15) is 0 Å². The number of aryl methyl sites for hydroxylation is 2. The van der Waals surface area contributed by atoms with Crippen LogP contribution in [0.2, 0.25) is 0 Å². The van der Waals surface area contributed by atoms with E-state index in [4.69, 9.17) is 0 Å². The predicted octanol–water partition coefficient (Wildman–Crippen LogP) is 3.68. The molecule has 0 saturated heterocycles. The highest BCUT2D eigenvalue weighted by molar-refractivity contribution is 5.86. The topological polar surface area (TPSA) is 15.8 Å². The number of rotatable bonds is 0. The number of nitrogens with one attached hydrogen (secondary N) is 1. The van der Waals surface area contributed by atoms with E-state index in [9.17, 15) is 13.2 Å². The standard InChI is InChI=1S/C12H10F3N/c13-12(14,15)7-4-5-11-9(6-7)8-2-1-3-10(8)16-11/h4-6,16H,1-3H2. The molecule has 3 rings (SSSR count). The van der Waals surface area contributed by atoms with Crippen LogP contribution in [0.15, 0.2) is 18.2 Å². The van der Waals surface area contributed by atoms with Crippen molar-refractivity contribution in [2.75, 3.05) is 0 Å². The molecule has 0 saturated carbocycles. The van der Waals surface area contributed by atoms with Gasteiger partial charge in [-0.15, -0.1) is 0 Å². The first kappa shape index (κ1) is 9.75. The first-order chi connectivity index (χ1) is 7.55. The summed E-state index contributed by atoms with van der Waals surface area (Å²) in [5, 5.41) is 0.738. The lowest BCUT2D eigenvalue weighted by Gasteiger charge is -2.06. The average molecular weight is 225 g/mol. The summed E-state index contributed by atoms with van der Waals surface area (Å²) in [4.78, 5) is 3.19. The number of halogens is 3.